The molecule has 10 nitrogen and oxygen atoms in total. The van der Waals surface area contributed by atoms with Crippen molar-refractivity contribution < 1.29 is 14.3 Å². The standard InChI is InChI=1S/C30H33N7O3/c1-6-11-23(40-5)14-19(3)24-15-22(16-25-27(24)35-29(34-25)36-30(39)31-7-2)37-17-26(32-18-37)28(38)33-20(4)21-12-9-8-10-13-21/h6,8-18,20H,3,7H2,1-2,4-5H3,(H,33,38)(H3,31,34,35,36,39)/b11-6-,23-14+/t20-/m0/s1. The molecule has 0 unspecified atom stereocenters. The number of imidazole rings is 2. The molecule has 3 amide bonds. The molecule has 0 spiro atoms. The number of urea groups is 1. The third kappa shape index (κ3) is 6.47. The number of carbonyl (C=O) groups excluding carboxylic acids is 2. The van der Waals surface area contributed by atoms with Crippen molar-refractivity contribution >= 4 is 34.5 Å². The maximum Gasteiger partial charge on any atom is 0.321 e. The van der Waals surface area contributed by atoms with Gasteiger partial charge >= 0.3 is 6.03 Å². The minimum Gasteiger partial charge on any atom is -0.497 e. The number of ether oxygens (including phenoxy) is 1. The minimum absolute atomic E-state index is 0.176. The number of aromatic nitrogens is 4. The molecule has 1 atom stereocenters. The molecule has 10 heteroatoms. The van der Waals surface area contributed by atoms with Gasteiger partial charge in [-0.3, -0.25) is 10.1 Å². The van der Waals surface area contributed by atoms with Gasteiger partial charge in [0.25, 0.3) is 5.91 Å². The van der Waals surface area contributed by atoms with Gasteiger partial charge in [-0.1, -0.05) is 43.0 Å². The first-order valence-electron chi connectivity index (χ1n) is 12.9. The molecule has 4 rings (SSSR count). The van der Waals surface area contributed by atoms with E-state index < -0.39 is 0 Å². The molecule has 4 aromatic rings. The number of aromatic amines is 1. The third-order valence-electron chi connectivity index (χ3n) is 6.13. The second-order valence-electron chi connectivity index (χ2n) is 9.01. The summed E-state index contributed by atoms with van der Waals surface area (Å²) in [6.07, 6.45) is 8.75. The lowest BCUT2D eigenvalue weighted by Crippen LogP contribution is -2.28. The molecular formula is C30H33N7O3. The van der Waals surface area contributed by atoms with Gasteiger partial charge in [0.05, 0.1) is 24.2 Å². The Morgan fingerprint density at radius 1 is 1.23 bits per heavy atom. The molecule has 0 fully saturated rings. The molecule has 206 valence electrons. The van der Waals surface area contributed by atoms with Gasteiger partial charge in [0, 0.05) is 24.0 Å². The highest BCUT2D eigenvalue weighted by Gasteiger charge is 2.17. The van der Waals surface area contributed by atoms with E-state index in [-0.39, 0.29) is 29.6 Å². The van der Waals surface area contributed by atoms with Gasteiger partial charge in [-0.05, 0) is 56.2 Å². The van der Waals surface area contributed by atoms with E-state index >= 15 is 0 Å². The van der Waals surface area contributed by atoms with E-state index in [1.54, 1.807) is 24.2 Å². The lowest BCUT2D eigenvalue weighted by Gasteiger charge is -2.13. The number of allylic oxidation sites excluding steroid dienone is 4. The highest BCUT2D eigenvalue weighted by Crippen LogP contribution is 2.29. The van der Waals surface area contributed by atoms with Crippen molar-refractivity contribution in [3.63, 3.8) is 0 Å². The number of hydrogen-bond donors (Lipinski definition) is 4. The summed E-state index contributed by atoms with van der Waals surface area (Å²) >= 11 is 0. The van der Waals surface area contributed by atoms with Gasteiger partial charge in [-0.15, -0.1) is 0 Å². The molecule has 2 aromatic heterocycles. The zero-order valence-corrected chi connectivity index (χ0v) is 23.0. The highest BCUT2D eigenvalue weighted by atomic mass is 16.5. The Labute approximate surface area is 232 Å². The van der Waals surface area contributed by atoms with Gasteiger partial charge in [0.1, 0.15) is 17.8 Å². The number of benzene rings is 2. The minimum atomic E-state index is -0.369. The monoisotopic (exact) mass is 539 g/mol. The first-order valence-corrected chi connectivity index (χ1v) is 12.9. The van der Waals surface area contributed by atoms with Crippen LogP contribution in [0.15, 0.2) is 85.6 Å². The van der Waals surface area contributed by atoms with Crippen LogP contribution in [0.4, 0.5) is 10.7 Å². The van der Waals surface area contributed by atoms with Crippen molar-refractivity contribution in [3.8, 4) is 5.69 Å². The molecule has 40 heavy (non-hydrogen) atoms. The Morgan fingerprint density at radius 2 is 2.00 bits per heavy atom. The van der Waals surface area contributed by atoms with E-state index in [1.807, 2.05) is 81.5 Å². The summed E-state index contributed by atoms with van der Waals surface area (Å²) in [6, 6.07) is 13.0. The zero-order valence-electron chi connectivity index (χ0n) is 23.0. The Kier molecular flexibility index (Phi) is 8.80. The van der Waals surface area contributed by atoms with Crippen molar-refractivity contribution in [1.29, 1.82) is 0 Å². The molecule has 0 radical (unpaired) electrons. The van der Waals surface area contributed by atoms with Crippen molar-refractivity contribution in [2.45, 2.75) is 26.8 Å². The number of amides is 3. The fraction of sp³-hybridized carbons (Fsp3) is 0.200. The van der Waals surface area contributed by atoms with Crippen LogP contribution in [-0.4, -0.2) is 45.1 Å². The first-order chi connectivity index (χ1) is 19.3. The predicted octanol–water partition coefficient (Wildman–Crippen LogP) is 5.50. The molecule has 0 saturated carbocycles. The summed E-state index contributed by atoms with van der Waals surface area (Å²) in [7, 11) is 1.59. The molecule has 0 aliphatic carbocycles. The number of methoxy groups -OCH3 is 1. The molecule has 2 heterocycles. The van der Waals surface area contributed by atoms with Gasteiger partial charge in [-0.25, -0.2) is 14.8 Å². The number of hydrogen-bond acceptors (Lipinski definition) is 5. The quantitative estimate of drug-likeness (QED) is 0.156. The molecule has 4 N–H and O–H groups in total. The van der Waals surface area contributed by atoms with E-state index in [0.717, 1.165) is 11.3 Å². The summed E-state index contributed by atoms with van der Waals surface area (Å²) in [6.45, 7) is 10.4. The third-order valence-corrected chi connectivity index (χ3v) is 6.13. The van der Waals surface area contributed by atoms with Crippen LogP contribution in [0, 0.1) is 0 Å². The number of anilines is 1. The number of rotatable bonds is 10. The maximum atomic E-state index is 12.9. The van der Waals surface area contributed by atoms with Crippen molar-refractivity contribution in [3.05, 3.63) is 102 Å². The van der Waals surface area contributed by atoms with Crippen LogP contribution >= 0.6 is 0 Å². The second-order valence-corrected chi connectivity index (χ2v) is 9.01. The lowest BCUT2D eigenvalue weighted by atomic mass is 10.0. The second kappa shape index (κ2) is 12.6. The Hall–Kier alpha value is -5.12. The summed E-state index contributed by atoms with van der Waals surface area (Å²) in [5, 5.41) is 8.39. The van der Waals surface area contributed by atoms with E-state index in [2.05, 4.69) is 37.5 Å². The van der Waals surface area contributed by atoms with Crippen LogP contribution in [0.5, 0.6) is 0 Å². The number of nitrogens with one attached hydrogen (secondary N) is 4. The molecule has 0 aliphatic rings. The van der Waals surface area contributed by atoms with Crippen molar-refractivity contribution in [1.82, 2.24) is 30.2 Å². The Bertz CT molecular complexity index is 1580. The fourth-order valence-electron chi connectivity index (χ4n) is 4.13. The van der Waals surface area contributed by atoms with Crippen LogP contribution in [0.3, 0.4) is 0 Å². The van der Waals surface area contributed by atoms with E-state index in [9.17, 15) is 9.59 Å². The average molecular weight is 540 g/mol. The van der Waals surface area contributed by atoms with E-state index in [0.29, 0.717) is 34.5 Å². The van der Waals surface area contributed by atoms with Gasteiger partial charge in [0.2, 0.25) is 5.95 Å². The topological polar surface area (TPSA) is 126 Å². The maximum absolute atomic E-state index is 12.9. The average Bonchev–Trinajstić information content (AvgIpc) is 3.60. The van der Waals surface area contributed by atoms with Gasteiger partial charge in [-0.2, -0.15) is 0 Å². The summed E-state index contributed by atoms with van der Waals surface area (Å²) in [4.78, 5) is 37.1. The smallest absolute Gasteiger partial charge is 0.321 e. The highest BCUT2D eigenvalue weighted by molar-refractivity contribution is 5.96. The molecule has 2 aromatic carbocycles. The van der Waals surface area contributed by atoms with Crippen molar-refractivity contribution in [2.24, 2.45) is 0 Å². The fourth-order valence-corrected chi connectivity index (χ4v) is 4.13. The largest absolute Gasteiger partial charge is 0.497 e. The van der Waals surface area contributed by atoms with E-state index in [1.165, 1.54) is 0 Å². The molecule has 0 aliphatic heterocycles. The Balaban J connectivity index is 1.69. The summed E-state index contributed by atoms with van der Waals surface area (Å²) in [5.74, 6) is 0.628. The SMILES string of the molecule is C=C(/C=C(\C=C/C)OC)c1cc(-n2cnc(C(=O)N[C@@H](C)c3ccccc3)c2)cc2[nH]c(NC(=O)NCC)nc12. The van der Waals surface area contributed by atoms with Crippen LogP contribution < -0.4 is 16.0 Å². The number of H-pyrrole nitrogens is 1. The summed E-state index contributed by atoms with van der Waals surface area (Å²) in [5.41, 5.74) is 4.64. The zero-order chi connectivity index (χ0) is 28.6. The first kappa shape index (κ1) is 27.9. The lowest BCUT2D eigenvalue weighted by molar-refractivity contribution is 0.0935. The van der Waals surface area contributed by atoms with Crippen molar-refractivity contribution in [2.75, 3.05) is 19.0 Å². The van der Waals surface area contributed by atoms with Crippen LogP contribution in [0.1, 0.15) is 48.4 Å². The molecular weight excluding hydrogens is 506 g/mol. The number of carbonyl (C=O) groups is 2. The predicted molar refractivity (Wildman–Crippen MR) is 157 cm³/mol. The van der Waals surface area contributed by atoms with E-state index in [4.69, 9.17) is 4.74 Å². The molecule has 0 bridgehead atoms. The Morgan fingerprint density at radius 3 is 2.70 bits per heavy atom. The number of nitrogens with zero attached hydrogens (tertiary/aromatic N) is 3. The summed E-state index contributed by atoms with van der Waals surface area (Å²) < 4.78 is 7.20. The van der Waals surface area contributed by atoms with Crippen LogP contribution in [-0.2, 0) is 4.74 Å². The van der Waals surface area contributed by atoms with Crippen LogP contribution in [0.25, 0.3) is 22.3 Å². The number of fused-ring (bicyclic) bond motifs is 1. The van der Waals surface area contributed by atoms with Gasteiger partial charge in [0.15, 0.2) is 0 Å². The van der Waals surface area contributed by atoms with Crippen LogP contribution in [0.2, 0.25) is 0 Å². The van der Waals surface area contributed by atoms with Gasteiger partial charge < -0.3 is 24.9 Å². The normalized spacial score (nSPS) is 12.3. The molecule has 0 saturated heterocycles.